The normalized spacial score (nSPS) is 20.5. The van der Waals surface area contributed by atoms with Crippen molar-refractivity contribution in [3.05, 3.63) is 60.2 Å². The molecule has 12 nitrogen and oxygen atoms in total. The number of benzene rings is 1. The number of aromatic nitrogens is 2. The van der Waals surface area contributed by atoms with Crippen LogP contribution in [0.4, 0.5) is 0 Å². The van der Waals surface area contributed by atoms with Gasteiger partial charge in [-0.2, -0.15) is 0 Å². The van der Waals surface area contributed by atoms with Gasteiger partial charge >= 0.3 is 0 Å². The van der Waals surface area contributed by atoms with Crippen LogP contribution in [0, 0.1) is 35.0 Å². The van der Waals surface area contributed by atoms with Gasteiger partial charge in [-0.15, -0.1) is 0 Å². The van der Waals surface area contributed by atoms with Gasteiger partial charge in [0, 0.05) is 62.1 Å². The van der Waals surface area contributed by atoms with Gasteiger partial charge in [-0.25, -0.2) is 4.98 Å². The molecule has 296 valence electrons. The van der Waals surface area contributed by atoms with Gasteiger partial charge in [0.05, 0.1) is 24.2 Å². The second-order valence-corrected chi connectivity index (χ2v) is 16.9. The highest BCUT2D eigenvalue weighted by atomic mass is 16.2. The molecule has 2 N–H and O–H groups in total. The van der Waals surface area contributed by atoms with Gasteiger partial charge < -0.3 is 15.5 Å². The highest BCUT2D eigenvalue weighted by molar-refractivity contribution is 6.38. The van der Waals surface area contributed by atoms with E-state index in [1.165, 1.54) is 18.6 Å². The van der Waals surface area contributed by atoms with Gasteiger partial charge in [-0.1, -0.05) is 71.6 Å². The molecular formula is C43H57N5O7. The molecule has 5 rings (SSSR count). The number of hydrogen-bond acceptors (Lipinski definition) is 9. The van der Waals surface area contributed by atoms with Crippen molar-refractivity contribution in [2.24, 2.45) is 35.0 Å². The maximum absolute atomic E-state index is 14.4. The van der Waals surface area contributed by atoms with Gasteiger partial charge in [0.1, 0.15) is 11.5 Å². The van der Waals surface area contributed by atoms with Crippen LogP contribution in [0.5, 0.6) is 0 Å². The lowest BCUT2D eigenvalue weighted by Crippen LogP contribution is -2.51. The molecule has 2 heterocycles. The lowest BCUT2D eigenvalue weighted by molar-refractivity contribution is -0.140. The van der Waals surface area contributed by atoms with Gasteiger partial charge in [0.15, 0.2) is 11.6 Å². The second kappa shape index (κ2) is 18.8. The fourth-order valence-electron chi connectivity index (χ4n) is 8.15. The molecule has 1 aliphatic heterocycles. The predicted octanol–water partition coefficient (Wildman–Crippen LogP) is 5.35. The fourth-order valence-corrected chi connectivity index (χ4v) is 8.15. The molecule has 5 atom stereocenters. The standard InChI is InChI=1S/C43H57N5O7/c1-5-12-30(39(52)37(51)21-27-17-18-27)22-35(49)31-25-48(42(55)29-15-10-7-11-16-29)26-34(31)46-40(53)32(43(2,3)4)23-36(50)38(28-13-8-6-9-14-28)47-41(54)33-24-44-19-20-45-33/h7,10-11,15-16,19-20,24,27-28,30-32,34,38H,5-6,8-9,12-14,17-18,21-23,25-26H2,1-4H3,(H,46,53)(H,47,54)/t30-,31-,32-,34?,38+/m1/s1. The number of amides is 3. The third kappa shape index (κ3) is 11.2. The zero-order chi connectivity index (χ0) is 39.7. The van der Waals surface area contributed by atoms with E-state index in [2.05, 4.69) is 20.6 Å². The monoisotopic (exact) mass is 755 g/mol. The highest BCUT2D eigenvalue weighted by Gasteiger charge is 2.45. The average Bonchev–Trinajstić information content (AvgIpc) is 3.90. The Balaban J connectivity index is 1.36. The zero-order valence-corrected chi connectivity index (χ0v) is 32.8. The summed E-state index contributed by atoms with van der Waals surface area (Å²) in [6, 6.07) is 7.11. The van der Waals surface area contributed by atoms with Crippen molar-refractivity contribution in [2.45, 2.75) is 117 Å². The number of carbonyl (C=O) groups is 7. The van der Waals surface area contributed by atoms with Gasteiger partial charge in [-0.3, -0.25) is 38.5 Å². The molecule has 1 saturated heterocycles. The summed E-state index contributed by atoms with van der Waals surface area (Å²) in [4.78, 5) is 105. The van der Waals surface area contributed by atoms with E-state index in [0.29, 0.717) is 18.4 Å². The Morgan fingerprint density at radius 2 is 1.60 bits per heavy atom. The van der Waals surface area contributed by atoms with E-state index in [1.54, 1.807) is 35.2 Å². The van der Waals surface area contributed by atoms with Gasteiger partial charge in [-0.05, 0) is 61.5 Å². The van der Waals surface area contributed by atoms with Crippen molar-refractivity contribution < 1.29 is 33.6 Å². The molecule has 1 unspecified atom stereocenters. The lowest BCUT2D eigenvalue weighted by atomic mass is 9.74. The lowest BCUT2D eigenvalue weighted by Gasteiger charge is -2.34. The number of Topliss-reactive ketones (excluding diaryl/α,β-unsaturated/α-hetero) is 4. The van der Waals surface area contributed by atoms with Crippen LogP contribution in [-0.2, 0) is 24.0 Å². The fraction of sp³-hybridized carbons (Fsp3) is 0.605. The molecule has 0 radical (unpaired) electrons. The van der Waals surface area contributed by atoms with Gasteiger partial charge in [0.25, 0.3) is 11.8 Å². The third-order valence-electron chi connectivity index (χ3n) is 11.6. The molecule has 0 bridgehead atoms. The number of hydrogen-bond donors (Lipinski definition) is 2. The molecule has 3 amide bonds. The molecule has 1 aromatic heterocycles. The van der Waals surface area contributed by atoms with Crippen LogP contribution in [-0.4, -0.2) is 80.9 Å². The molecular weight excluding hydrogens is 699 g/mol. The van der Waals surface area contributed by atoms with Crippen LogP contribution in [0.3, 0.4) is 0 Å². The number of rotatable bonds is 18. The van der Waals surface area contributed by atoms with Crippen LogP contribution in [0.2, 0.25) is 0 Å². The van der Waals surface area contributed by atoms with E-state index < -0.39 is 58.6 Å². The summed E-state index contributed by atoms with van der Waals surface area (Å²) >= 11 is 0. The van der Waals surface area contributed by atoms with Crippen molar-refractivity contribution in [3.8, 4) is 0 Å². The van der Waals surface area contributed by atoms with Crippen molar-refractivity contribution in [3.63, 3.8) is 0 Å². The number of carbonyl (C=O) groups excluding carboxylic acids is 7. The number of nitrogens with zero attached hydrogens (tertiary/aromatic N) is 3. The Hall–Kier alpha value is -4.61. The summed E-state index contributed by atoms with van der Waals surface area (Å²) in [6.07, 6.45) is 11.5. The topological polar surface area (TPSA) is 173 Å². The molecule has 55 heavy (non-hydrogen) atoms. The van der Waals surface area contributed by atoms with Crippen molar-refractivity contribution in [2.75, 3.05) is 13.1 Å². The summed E-state index contributed by atoms with van der Waals surface area (Å²) in [5.74, 6) is -4.94. The average molecular weight is 756 g/mol. The number of ketones is 4. The largest absolute Gasteiger partial charge is 0.351 e. The smallest absolute Gasteiger partial charge is 0.272 e. The van der Waals surface area contributed by atoms with E-state index in [1.807, 2.05) is 27.7 Å². The molecule has 2 aromatic rings. The molecule has 12 heteroatoms. The van der Waals surface area contributed by atoms with Crippen LogP contribution in [0.25, 0.3) is 0 Å². The van der Waals surface area contributed by atoms with Crippen molar-refractivity contribution >= 4 is 40.9 Å². The predicted molar refractivity (Wildman–Crippen MR) is 206 cm³/mol. The summed E-state index contributed by atoms with van der Waals surface area (Å²) in [6.45, 7) is 7.63. The SMILES string of the molecule is CCC[C@H](CC(=O)[C@@H]1CN(C(=O)c2ccccc2)CC1NC(=O)[C@@H](CC(=O)[C@@H](NC(=O)c1cnccn1)C1CCCCC1)C(C)(C)C)C(=O)C(=O)CC1CC1. The number of nitrogens with one attached hydrogen (secondary N) is 2. The Bertz CT molecular complexity index is 1700. The summed E-state index contributed by atoms with van der Waals surface area (Å²) in [5, 5.41) is 6.00. The first kappa shape index (κ1) is 41.6. The molecule has 3 aliphatic rings. The van der Waals surface area contributed by atoms with Gasteiger partial charge in [0.2, 0.25) is 11.7 Å². The maximum Gasteiger partial charge on any atom is 0.272 e. The second-order valence-electron chi connectivity index (χ2n) is 16.9. The Labute approximate surface area is 324 Å². The van der Waals surface area contributed by atoms with Crippen LogP contribution >= 0.6 is 0 Å². The minimum absolute atomic E-state index is 0.0395. The van der Waals surface area contributed by atoms with Crippen molar-refractivity contribution in [1.82, 2.24) is 25.5 Å². The molecule has 3 fully saturated rings. The van der Waals surface area contributed by atoms with E-state index in [9.17, 15) is 33.6 Å². The quantitative estimate of drug-likeness (QED) is 0.190. The number of likely N-dealkylation sites (tertiary alicyclic amines) is 1. The minimum Gasteiger partial charge on any atom is -0.351 e. The van der Waals surface area contributed by atoms with Crippen molar-refractivity contribution in [1.29, 1.82) is 0 Å². The summed E-state index contributed by atoms with van der Waals surface area (Å²) in [7, 11) is 0. The first-order valence-corrected chi connectivity index (χ1v) is 20.1. The Kier molecular flexibility index (Phi) is 14.2. The van der Waals surface area contributed by atoms with Crippen LogP contribution < -0.4 is 10.6 Å². The molecule has 0 spiro atoms. The first-order valence-electron chi connectivity index (χ1n) is 20.1. The summed E-state index contributed by atoms with van der Waals surface area (Å²) < 4.78 is 0. The highest BCUT2D eigenvalue weighted by Crippen LogP contribution is 2.35. The molecule has 2 aliphatic carbocycles. The zero-order valence-electron chi connectivity index (χ0n) is 32.8. The minimum atomic E-state index is -0.830. The maximum atomic E-state index is 14.4. The van der Waals surface area contributed by atoms with Crippen LogP contribution in [0.1, 0.15) is 126 Å². The molecule has 1 aromatic carbocycles. The summed E-state index contributed by atoms with van der Waals surface area (Å²) in [5.41, 5.74) is -0.145. The molecule has 2 saturated carbocycles. The third-order valence-corrected chi connectivity index (χ3v) is 11.6. The van der Waals surface area contributed by atoms with E-state index in [0.717, 1.165) is 44.9 Å². The Morgan fingerprint density at radius 1 is 0.891 bits per heavy atom. The first-order chi connectivity index (χ1) is 26.3. The van der Waals surface area contributed by atoms with E-state index in [4.69, 9.17) is 0 Å². The van der Waals surface area contributed by atoms with E-state index >= 15 is 0 Å². The Morgan fingerprint density at radius 3 is 2.22 bits per heavy atom. The van der Waals surface area contributed by atoms with Crippen LogP contribution in [0.15, 0.2) is 48.9 Å². The van der Waals surface area contributed by atoms with E-state index in [-0.39, 0.29) is 67.4 Å².